The van der Waals surface area contributed by atoms with Crippen LogP contribution in [0.2, 0.25) is 0 Å². The number of halogens is 1. The largest absolute Gasteiger partial charge is 0.311 e. The molecule has 1 aromatic heterocycles. The molecule has 0 bridgehead atoms. The van der Waals surface area contributed by atoms with E-state index in [1.165, 1.54) is 20.9 Å². The van der Waals surface area contributed by atoms with E-state index in [-0.39, 0.29) is 0 Å². The molecule has 0 spiro atoms. The number of rotatable bonds is 5. The predicted molar refractivity (Wildman–Crippen MR) is 94.2 cm³/mol. The lowest BCUT2D eigenvalue weighted by Crippen LogP contribution is -2.26. The smallest absolute Gasteiger partial charge is 0.0349 e. The molecule has 0 aliphatic carbocycles. The van der Waals surface area contributed by atoms with E-state index in [0.29, 0.717) is 6.04 Å². The van der Waals surface area contributed by atoms with Gasteiger partial charge in [-0.05, 0) is 56.3 Å². The summed E-state index contributed by atoms with van der Waals surface area (Å²) < 4.78 is 1.12. The van der Waals surface area contributed by atoms with Gasteiger partial charge in [-0.2, -0.15) is 0 Å². The van der Waals surface area contributed by atoms with Crippen molar-refractivity contribution in [1.82, 2.24) is 5.32 Å². The molecule has 0 aliphatic heterocycles. The van der Waals surface area contributed by atoms with E-state index in [4.69, 9.17) is 0 Å². The van der Waals surface area contributed by atoms with Gasteiger partial charge in [-0.15, -0.1) is 11.3 Å². The summed E-state index contributed by atoms with van der Waals surface area (Å²) in [6, 6.07) is 13.3. The monoisotopic (exact) mass is 349 g/mol. The first-order chi connectivity index (χ1) is 9.60. The van der Waals surface area contributed by atoms with E-state index >= 15 is 0 Å². The first-order valence-electron chi connectivity index (χ1n) is 6.87. The van der Waals surface area contributed by atoms with Gasteiger partial charge in [0, 0.05) is 20.3 Å². The van der Waals surface area contributed by atoms with Crippen LogP contribution in [0.25, 0.3) is 16.5 Å². The Morgan fingerprint density at radius 3 is 2.60 bits per heavy atom. The zero-order chi connectivity index (χ0) is 14.5. The third kappa shape index (κ3) is 4.05. The minimum Gasteiger partial charge on any atom is -0.311 e. The maximum Gasteiger partial charge on any atom is 0.0349 e. The zero-order valence-electron chi connectivity index (χ0n) is 12.1. The molecule has 1 unspecified atom stereocenters. The SMILES string of the molecule is CCNC(C)/C(C)=C/c1ccc(-c2ccc(Br)cc2)s1. The molecule has 1 atom stereocenters. The van der Waals surface area contributed by atoms with Crippen LogP contribution < -0.4 is 5.32 Å². The Bertz CT molecular complexity index is 583. The molecule has 0 saturated carbocycles. The number of thiophene rings is 1. The Labute approximate surface area is 133 Å². The van der Waals surface area contributed by atoms with Crippen LogP contribution in [0.5, 0.6) is 0 Å². The van der Waals surface area contributed by atoms with Gasteiger partial charge in [0.25, 0.3) is 0 Å². The summed E-state index contributed by atoms with van der Waals surface area (Å²) in [6.45, 7) is 7.53. The average Bonchev–Trinajstić information content (AvgIpc) is 2.88. The van der Waals surface area contributed by atoms with Crippen LogP contribution in [-0.2, 0) is 0 Å². The Kier molecular flexibility index (Phi) is 5.58. The Balaban J connectivity index is 2.16. The summed E-state index contributed by atoms with van der Waals surface area (Å²) in [4.78, 5) is 2.62. The molecule has 0 saturated heterocycles. The van der Waals surface area contributed by atoms with Crippen molar-refractivity contribution in [3.8, 4) is 10.4 Å². The van der Waals surface area contributed by atoms with Crippen molar-refractivity contribution in [3.63, 3.8) is 0 Å². The van der Waals surface area contributed by atoms with Gasteiger partial charge in [0.05, 0.1) is 0 Å². The number of benzene rings is 1. The fourth-order valence-corrected chi connectivity index (χ4v) is 3.31. The van der Waals surface area contributed by atoms with Gasteiger partial charge in [-0.1, -0.05) is 40.6 Å². The highest BCUT2D eigenvalue weighted by Gasteiger charge is 2.05. The second kappa shape index (κ2) is 7.21. The van der Waals surface area contributed by atoms with E-state index in [1.54, 1.807) is 0 Å². The molecule has 1 nitrogen and oxygen atoms in total. The Hall–Kier alpha value is -0.900. The minimum atomic E-state index is 0.429. The normalized spacial score (nSPS) is 13.5. The second-order valence-electron chi connectivity index (χ2n) is 4.88. The lowest BCUT2D eigenvalue weighted by molar-refractivity contribution is 0.636. The van der Waals surface area contributed by atoms with Crippen molar-refractivity contribution >= 4 is 33.3 Å². The van der Waals surface area contributed by atoms with Gasteiger partial charge in [0.2, 0.25) is 0 Å². The molecule has 1 heterocycles. The molecule has 106 valence electrons. The van der Waals surface area contributed by atoms with Gasteiger partial charge in [0.15, 0.2) is 0 Å². The van der Waals surface area contributed by atoms with E-state index in [2.05, 4.69) is 84.5 Å². The molecule has 2 aromatic rings. The fourth-order valence-electron chi connectivity index (χ4n) is 2.02. The Morgan fingerprint density at radius 2 is 1.95 bits per heavy atom. The van der Waals surface area contributed by atoms with Crippen LogP contribution in [0.15, 0.2) is 46.4 Å². The highest BCUT2D eigenvalue weighted by Crippen LogP contribution is 2.30. The first-order valence-corrected chi connectivity index (χ1v) is 8.48. The summed E-state index contributed by atoms with van der Waals surface area (Å²) in [6.07, 6.45) is 2.28. The summed E-state index contributed by atoms with van der Waals surface area (Å²) in [7, 11) is 0. The summed E-state index contributed by atoms with van der Waals surface area (Å²) in [5.41, 5.74) is 2.64. The molecule has 0 amide bonds. The maximum atomic E-state index is 3.47. The van der Waals surface area contributed by atoms with Crippen LogP contribution >= 0.6 is 27.3 Å². The van der Waals surface area contributed by atoms with Crippen molar-refractivity contribution in [2.75, 3.05) is 6.54 Å². The zero-order valence-corrected chi connectivity index (χ0v) is 14.5. The van der Waals surface area contributed by atoms with Crippen LogP contribution in [-0.4, -0.2) is 12.6 Å². The average molecular weight is 350 g/mol. The maximum absolute atomic E-state index is 3.47. The first kappa shape index (κ1) is 15.5. The lowest BCUT2D eigenvalue weighted by atomic mass is 10.1. The summed E-state index contributed by atoms with van der Waals surface area (Å²) in [5, 5.41) is 3.44. The number of hydrogen-bond donors (Lipinski definition) is 1. The molecule has 20 heavy (non-hydrogen) atoms. The third-order valence-corrected chi connectivity index (χ3v) is 4.93. The van der Waals surface area contributed by atoms with Gasteiger partial charge >= 0.3 is 0 Å². The molecule has 0 radical (unpaired) electrons. The van der Waals surface area contributed by atoms with Crippen molar-refractivity contribution in [3.05, 3.63) is 51.3 Å². The van der Waals surface area contributed by atoms with Gasteiger partial charge in [0.1, 0.15) is 0 Å². The fraction of sp³-hybridized carbons (Fsp3) is 0.294. The topological polar surface area (TPSA) is 12.0 Å². The third-order valence-electron chi connectivity index (χ3n) is 3.32. The molecular weight excluding hydrogens is 330 g/mol. The van der Waals surface area contributed by atoms with Crippen molar-refractivity contribution in [1.29, 1.82) is 0 Å². The van der Waals surface area contributed by atoms with Crippen molar-refractivity contribution in [2.24, 2.45) is 0 Å². The molecule has 1 N–H and O–H groups in total. The number of likely N-dealkylation sites (N-methyl/N-ethyl adjacent to an activating group) is 1. The number of nitrogens with one attached hydrogen (secondary N) is 1. The van der Waals surface area contributed by atoms with Gasteiger partial charge in [-0.25, -0.2) is 0 Å². The van der Waals surface area contributed by atoms with Crippen molar-refractivity contribution < 1.29 is 0 Å². The highest BCUT2D eigenvalue weighted by atomic mass is 79.9. The highest BCUT2D eigenvalue weighted by molar-refractivity contribution is 9.10. The second-order valence-corrected chi connectivity index (χ2v) is 6.91. The Morgan fingerprint density at radius 1 is 1.25 bits per heavy atom. The number of hydrogen-bond acceptors (Lipinski definition) is 2. The van der Waals surface area contributed by atoms with Gasteiger partial charge in [-0.3, -0.25) is 0 Å². The lowest BCUT2D eigenvalue weighted by Gasteiger charge is -2.12. The van der Waals surface area contributed by atoms with Crippen LogP contribution in [0.3, 0.4) is 0 Å². The molecule has 2 rings (SSSR count). The molecular formula is C17H20BrNS. The van der Waals surface area contributed by atoms with Crippen LogP contribution in [0.1, 0.15) is 25.6 Å². The molecule has 0 aliphatic rings. The molecule has 0 fully saturated rings. The van der Waals surface area contributed by atoms with E-state index in [0.717, 1.165) is 11.0 Å². The molecule has 1 aromatic carbocycles. The predicted octanol–water partition coefficient (Wildman–Crippen LogP) is 5.58. The van der Waals surface area contributed by atoms with E-state index < -0.39 is 0 Å². The quantitative estimate of drug-likeness (QED) is 0.742. The van der Waals surface area contributed by atoms with Crippen LogP contribution in [0.4, 0.5) is 0 Å². The molecule has 3 heteroatoms. The van der Waals surface area contributed by atoms with E-state index in [1.807, 2.05) is 11.3 Å². The standard InChI is InChI=1S/C17H20BrNS/c1-4-19-13(3)12(2)11-16-9-10-17(20-16)14-5-7-15(18)8-6-14/h5-11,13,19H,4H2,1-3H3/b12-11+. The van der Waals surface area contributed by atoms with Crippen LogP contribution in [0, 0.1) is 0 Å². The summed E-state index contributed by atoms with van der Waals surface area (Å²) >= 11 is 5.31. The van der Waals surface area contributed by atoms with Crippen molar-refractivity contribution in [2.45, 2.75) is 26.8 Å². The van der Waals surface area contributed by atoms with E-state index in [9.17, 15) is 0 Å². The van der Waals surface area contributed by atoms with Gasteiger partial charge < -0.3 is 5.32 Å². The minimum absolute atomic E-state index is 0.429. The summed E-state index contributed by atoms with van der Waals surface area (Å²) in [5.74, 6) is 0.